The van der Waals surface area contributed by atoms with Crippen LogP contribution in [-0.4, -0.2) is 29.4 Å². The van der Waals surface area contributed by atoms with Gasteiger partial charge >= 0.3 is 0 Å². The van der Waals surface area contributed by atoms with Crippen LogP contribution in [0.15, 0.2) is 0 Å². The zero-order valence-corrected chi connectivity index (χ0v) is 9.83. The number of piperidine rings is 1. The van der Waals surface area contributed by atoms with Crippen LogP contribution in [0.25, 0.3) is 0 Å². The van der Waals surface area contributed by atoms with Crippen LogP contribution < -0.4 is 5.73 Å². The monoisotopic (exact) mass is 210 g/mol. The molecule has 2 bridgehead atoms. The highest BCUT2D eigenvalue weighted by Crippen LogP contribution is 2.38. The normalized spacial score (nSPS) is 30.7. The average molecular weight is 210 g/mol. The van der Waals surface area contributed by atoms with Crippen molar-refractivity contribution >= 4 is 5.91 Å². The van der Waals surface area contributed by atoms with Gasteiger partial charge in [0, 0.05) is 18.6 Å². The summed E-state index contributed by atoms with van der Waals surface area (Å²) in [5, 5.41) is 0. The first-order valence-corrected chi connectivity index (χ1v) is 6.09. The lowest BCUT2D eigenvalue weighted by Gasteiger charge is -2.39. The van der Waals surface area contributed by atoms with E-state index in [9.17, 15) is 4.79 Å². The third-order valence-electron chi connectivity index (χ3n) is 4.02. The van der Waals surface area contributed by atoms with Crippen LogP contribution in [-0.2, 0) is 4.79 Å². The summed E-state index contributed by atoms with van der Waals surface area (Å²) in [5.74, 6) is 0.275. The number of carbonyl (C=O) groups excluding carboxylic acids is 1. The van der Waals surface area contributed by atoms with Gasteiger partial charge in [0.1, 0.15) is 0 Å². The molecule has 0 aromatic carbocycles. The summed E-state index contributed by atoms with van der Waals surface area (Å²) in [4.78, 5) is 14.5. The van der Waals surface area contributed by atoms with Crippen molar-refractivity contribution in [2.45, 2.75) is 58.0 Å². The van der Waals surface area contributed by atoms with Crippen molar-refractivity contribution < 1.29 is 4.79 Å². The van der Waals surface area contributed by atoms with Crippen molar-refractivity contribution in [3.8, 4) is 0 Å². The third-order valence-corrected chi connectivity index (χ3v) is 4.02. The molecular formula is C12H22N2O. The molecule has 0 aromatic rings. The van der Waals surface area contributed by atoms with Gasteiger partial charge in [-0.3, -0.25) is 4.79 Å². The standard InChI is InChI=1S/C12H22N2O/c1-12(2,8-13)11(15)14-9-4-3-5-10(14)7-6-9/h9-10H,3-8,13H2,1-2H3. The van der Waals surface area contributed by atoms with Crippen molar-refractivity contribution in [3.63, 3.8) is 0 Å². The number of hydrogen-bond acceptors (Lipinski definition) is 2. The van der Waals surface area contributed by atoms with Crippen LogP contribution >= 0.6 is 0 Å². The fourth-order valence-corrected chi connectivity index (χ4v) is 2.89. The molecule has 0 aliphatic carbocycles. The van der Waals surface area contributed by atoms with Gasteiger partial charge in [-0.15, -0.1) is 0 Å². The first-order chi connectivity index (χ1) is 7.06. The zero-order chi connectivity index (χ0) is 11.1. The van der Waals surface area contributed by atoms with Gasteiger partial charge in [-0.25, -0.2) is 0 Å². The van der Waals surface area contributed by atoms with Crippen molar-refractivity contribution in [2.75, 3.05) is 6.54 Å². The van der Waals surface area contributed by atoms with Gasteiger partial charge in [0.05, 0.1) is 5.41 Å². The molecule has 2 aliphatic heterocycles. The maximum Gasteiger partial charge on any atom is 0.230 e. The maximum absolute atomic E-state index is 12.4. The fraction of sp³-hybridized carbons (Fsp3) is 0.917. The van der Waals surface area contributed by atoms with Crippen LogP contribution in [0.4, 0.5) is 0 Å². The van der Waals surface area contributed by atoms with Crippen LogP contribution in [0.2, 0.25) is 0 Å². The topological polar surface area (TPSA) is 46.3 Å². The number of hydrogen-bond donors (Lipinski definition) is 1. The van der Waals surface area contributed by atoms with Gasteiger partial charge in [0.2, 0.25) is 5.91 Å². The van der Waals surface area contributed by atoms with Crippen LogP contribution in [0.3, 0.4) is 0 Å². The molecule has 2 fully saturated rings. The van der Waals surface area contributed by atoms with Gasteiger partial charge < -0.3 is 10.6 Å². The summed E-state index contributed by atoms with van der Waals surface area (Å²) in [5.41, 5.74) is 5.30. The van der Waals surface area contributed by atoms with Crippen molar-refractivity contribution in [1.29, 1.82) is 0 Å². The molecule has 0 aromatic heterocycles. The Kier molecular flexibility index (Phi) is 2.75. The second kappa shape index (κ2) is 3.78. The number of rotatable bonds is 2. The van der Waals surface area contributed by atoms with Crippen LogP contribution in [0.1, 0.15) is 46.0 Å². The second-order valence-electron chi connectivity index (χ2n) is 5.62. The minimum Gasteiger partial charge on any atom is -0.336 e. The van der Waals surface area contributed by atoms with E-state index in [0.29, 0.717) is 18.6 Å². The summed E-state index contributed by atoms with van der Waals surface area (Å²) in [7, 11) is 0. The number of fused-ring (bicyclic) bond motifs is 2. The van der Waals surface area contributed by atoms with Crippen molar-refractivity contribution in [1.82, 2.24) is 4.90 Å². The Morgan fingerprint density at radius 2 is 1.80 bits per heavy atom. The molecule has 0 spiro atoms. The van der Waals surface area contributed by atoms with Crippen LogP contribution in [0.5, 0.6) is 0 Å². The molecule has 86 valence electrons. The molecule has 3 nitrogen and oxygen atoms in total. The lowest BCUT2D eigenvalue weighted by atomic mass is 9.89. The fourth-order valence-electron chi connectivity index (χ4n) is 2.89. The SMILES string of the molecule is CC(C)(CN)C(=O)N1C2CCCC1CC2. The molecule has 0 radical (unpaired) electrons. The second-order valence-corrected chi connectivity index (χ2v) is 5.62. The lowest BCUT2D eigenvalue weighted by molar-refractivity contribution is -0.144. The molecule has 0 saturated carbocycles. The first-order valence-electron chi connectivity index (χ1n) is 6.09. The Morgan fingerprint density at radius 3 is 2.27 bits per heavy atom. The molecule has 15 heavy (non-hydrogen) atoms. The average Bonchev–Trinajstić information content (AvgIpc) is 2.46. The highest BCUT2D eigenvalue weighted by molar-refractivity contribution is 5.83. The van der Waals surface area contributed by atoms with Crippen molar-refractivity contribution in [2.24, 2.45) is 11.1 Å². The molecule has 2 N–H and O–H groups in total. The van der Waals surface area contributed by atoms with Crippen LogP contribution in [0, 0.1) is 5.41 Å². The highest BCUT2D eigenvalue weighted by Gasteiger charge is 2.43. The van der Waals surface area contributed by atoms with Crippen molar-refractivity contribution in [3.05, 3.63) is 0 Å². The van der Waals surface area contributed by atoms with Gasteiger partial charge in [0.15, 0.2) is 0 Å². The summed E-state index contributed by atoms with van der Waals surface area (Å²) in [6.45, 7) is 4.37. The Hall–Kier alpha value is -0.570. The van der Waals surface area contributed by atoms with E-state index in [1.54, 1.807) is 0 Å². The Balaban J connectivity index is 2.14. The lowest BCUT2D eigenvalue weighted by Crippen LogP contribution is -2.51. The van der Waals surface area contributed by atoms with E-state index in [1.807, 2.05) is 13.8 Å². The van der Waals surface area contributed by atoms with E-state index in [-0.39, 0.29) is 11.3 Å². The zero-order valence-electron chi connectivity index (χ0n) is 9.83. The molecule has 2 unspecified atom stereocenters. The molecule has 2 rings (SSSR count). The minimum absolute atomic E-state index is 0.275. The summed E-state index contributed by atoms with van der Waals surface area (Å²) < 4.78 is 0. The predicted octanol–water partition coefficient (Wildman–Crippen LogP) is 1.51. The molecule has 1 amide bonds. The quantitative estimate of drug-likeness (QED) is 0.751. The molecule has 2 saturated heterocycles. The Labute approximate surface area is 92.0 Å². The Morgan fingerprint density at radius 1 is 1.27 bits per heavy atom. The smallest absolute Gasteiger partial charge is 0.230 e. The molecular weight excluding hydrogens is 188 g/mol. The summed E-state index contributed by atoms with van der Waals surface area (Å²) >= 11 is 0. The number of nitrogens with zero attached hydrogens (tertiary/aromatic N) is 1. The molecule has 3 heteroatoms. The number of nitrogens with two attached hydrogens (primary N) is 1. The van der Waals surface area contributed by atoms with Gasteiger partial charge in [0.25, 0.3) is 0 Å². The van der Waals surface area contributed by atoms with Gasteiger partial charge in [-0.2, -0.15) is 0 Å². The maximum atomic E-state index is 12.4. The molecule has 2 heterocycles. The summed E-state index contributed by atoms with van der Waals surface area (Å²) in [6.07, 6.45) is 6.10. The van der Waals surface area contributed by atoms with E-state index in [1.165, 1.54) is 32.1 Å². The van der Waals surface area contributed by atoms with E-state index in [4.69, 9.17) is 5.73 Å². The number of amides is 1. The van der Waals surface area contributed by atoms with Gasteiger partial charge in [-0.05, 0) is 46.0 Å². The number of carbonyl (C=O) groups is 1. The largest absolute Gasteiger partial charge is 0.336 e. The van der Waals surface area contributed by atoms with E-state index >= 15 is 0 Å². The van der Waals surface area contributed by atoms with E-state index < -0.39 is 0 Å². The highest BCUT2D eigenvalue weighted by atomic mass is 16.2. The predicted molar refractivity (Wildman–Crippen MR) is 60.3 cm³/mol. The first kappa shape index (κ1) is 10.9. The Bertz CT molecular complexity index is 246. The van der Waals surface area contributed by atoms with E-state index in [0.717, 1.165) is 0 Å². The summed E-state index contributed by atoms with van der Waals surface area (Å²) in [6, 6.07) is 1.03. The molecule has 2 atom stereocenters. The minimum atomic E-state index is -0.377. The van der Waals surface area contributed by atoms with E-state index in [2.05, 4.69) is 4.90 Å². The molecule has 2 aliphatic rings. The van der Waals surface area contributed by atoms with Gasteiger partial charge in [-0.1, -0.05) is 0 Å². The third kappa shape index (κ3) is 1.78.